The molecule has 1 aliphatic rings. The highest BCUT2D eigenvalue weighted by atomic mass is 79.9. The van der Waals surface area contributed by atoms with Crippen LogP contribution < -0.4 is 55.1 Å². The van der Waals surface area contributed by atoms with Crippen molar-refractivity contribution in [2.75, 3.05) is 61.8 Å². The summed E-state index contributed by atoms with van der Waals surface area (Å²) in [5, 5.41) is 4.17. The molecule has 0 saturated heterocycles. The standard InChI is InChI=1S/C17H16F6N2.C15H12F6N2.C13H10Br4N2.C13H10Cl2N2O.C13H10N2O/c1-9-3-5-11(7-13(9)24)15(16(18,19)20,17(21,22)23)12-6-4-10(2)14(25)8-12;16-14(17,18)13(15(19,20)21,9-3-1-5-11(22)7-9)10-4-2-6-12(23)8-10;14-10-6-7-11(13(16)12(10)15)19(17)8-18-9-4-2-1-3-5-9;14-9-3-1-7(5-11(9)16)13(18)8-2-4-10(15)12(17)6-8;14-7-1-3-9-10-4-2-8(15)6-12(10)13(16)11(9)5-7/h3-8H,24-25H2,1-2H3;1-8H,22-23H2;1-7,18H,8H2;1-6H,16-17H2;1-6H,14-15H2. The number of fused-ring (bicyclic) bond motifs is 3. The number of ketones is 2. The van der Waals surface area contributed by atoms with E-state index in [9.17, 15) is 62.3 Å². The van der Waals surface area contributed by atoms with E-state index >= 15 is 0 Å². The van der Waals surface area contributed by atoms with Crippen LogP contribution in [0.1, 0.15) is 65.2 Å². The molecular weight excluding hydrogens is 1640 g/mol. The molecule has 0 amide bonds. The Labute approximate surface area is 615 Å². The summed E-state index contributed by atoms with van der Waals surface area (Å²) in [4.78, 5) is 24.3. The maximum Gasteiger partial charge on any atom is 0.411 e. The average Bonchev–Trinajstić information content (AvgIpc) is 1.60. The van der Waals surface area contributed by atoms with Gasteiger partial charge in [-0.3, -0.25) is 13.5 Å². The minimum atomic E-state index is -5.66. The van der Waals surface area contributed by atoms with Crippen molar-refractivity contribution in [3.8, 4) is 11.1 Å². The van der Waals surface area contributed by atoms with Gasteiger partial charge in [0.05, 0.1) is 54.4 Å². The van der Waals surface area contributed by atoms with Crippen LogP contribution in [0.2, 0.25) is 10.0 Å². The third kappa shape index (κ3) is 17.6. The van der Waals surface area contributed by atoms with Gasteiger partial charge in [-0.05, 0) is 227 Å². The number of carbonyl (C=O) groups is 2. The van der Waals surface area contributed by atoms with E-state index in [0.29, 0.717) is 97.1 Å². The van der Waals surface area contributed by atoms with Gasteiger partial charge in [-0.2, -0.15) is 52.7 Å². The number of benzene rings is 10. The van der Waals surface area contributed by atoms with Crippen LogP contribution in [-0.2, 0) is 10.8 Å². The van der Waals surface area contributed by atoms with E-state index in [0.717, 1.165) is 84.5 Å². The lowest BCUT2D eigenvalue weighted by Crippen LogP contribution is -2.54. The third-order valence-electron chi connectivity index (χ3n) is 15.6. The number of nitrogen functional groups attached to an aromatic ring is 8. The maximum atomic E-state index is 13.9. The topological polar surface area (TPSA) is 258 Å². The maximum absolute atomic E-state index is 13.9. The van der Waals surface area contributed by atoms with Crippen molar-refractivity contribution < 1.29 is 62.3 Å². The van der Waals surface area contributed by atoms with Gasteiger partial charge in [0.25, 0.3) is 0 Å². The number of hydrogen-bond donors (Lipinski definition) is 9. The molecule has 0 fully saturated rings. The molecule has 0 saturated carbocycles. The molecule has 30 heteroatoms. The molecule has 0 spiro atoms. The van der Waals surface area contributed by atoms with Gasteiger partial charge >= 0.3 is 24.7 Å². The number of nitrogens with zero attached hydrogens (tertiary/aromatic N) is 1. The fourth-order valence-electron chi connectivity index (χ4n) is 10.4. The molecule has 17 N–H and O–H groups in total. The molecule has 0 atom stereocenters. The Hall–Kier alpha value is -8.80. The summed E-state index contributed by atoms with van der Waals surface area (Å²) in [5.41, 5.74) is 40.4. The van der Waals surface area contributed by atoms with Crippen molar-refractivity contribution >= 4 is 156 Å². The molecule has 10 aromatic carbocycles. The van der Waals surface area contributed by atoms with Crippen LogP contribution in [0.25, 0.3) is 11.1 Å². The fraction of sp³-hybridized carbons (Fsp3) is 0.127. The zero-order valence-corrected chi connectivity index (χ0v) is 60.3. The van der Waals surface area contributed by atoms with E-state index in [1.807, 2.05) is 58.5 Å². The van der Waals surface area contributed by atoms with Gasteiger partial charge in [0.1, 0.15) is 0 Å². The molecule has 10 aromatic rings. The lowest BCUT2D eigenvalue weighted by Gasteiger charge is -2.38. The zero-order chi connectivity index (χ0) is 75.1. The number of alkyl halides is 12. The quantitative estimate of drug-likeness (QED) is 0.0155. The normalized spacial score (nSPS) is 12.0. The molecular formula is C71H58Br4Cl2F12N10O2. The number of nitrogens with two attached hydrogens (primary N) is 8. The summed E-state index contributed by atoms with van der Waals surface area (Å²) < 4.78 is 171. The van der Waals surface area contributed by atoms with Crippen molar-refractivity contribution in [3.63, 3.8) is 0 Å². The van der Waals surface area contributed by atoms with Gasteiger partial charge in [0, 0.05) is 71.0 Å². The number of hydrogen-bond acceptors (Lipinski definition) is 12. The number of aryl methyl sites for hydroxylation is 2. The van der Waals surface area contributed by atoms with E-state index in [4.69, 9.17) is 69.1 Å². The first-order valence-corrected chi connectivity index (χ1v) is 33.0. The van der Waals surface area contributed by atoms with E-state index < -0.39 is 57.8 Å². The molecule has 1 aliphatic carbocycles. The number of anilines is 10. The van der Waals surface area contributed by atoms with Crippen molar-refractivity contribution in [1.82, 2.24) is 0 Å². The van der Waals surface area contributed by atoms with Crippen LogP contribution in [0.3, 0.4) is 0 Å². The molecule has 0 radical (unpaired) electrons. The van der Waals surface area contributed by atoms with Crippen LogP contribution in [0.4, 0.5) is 110 Å². The Morgan fingerprint density at radius 1 is 0.416 bits per heavy atom. The molecule has 0 unspecified atom stereocenters. The van der Waals surface area contributed by atoms with Crippen LogP contribution in [-0.4, -0.2) is 42.9 Å². The molecule has 0 bridgehead atoms. The molecule has 0 aromatic heterocycles. The first-order chi connectivity index (χ1) is 47.1. The largest absolute Gasteiger partial charge is 0.411 e. The Morgan fingerprint density at radius 3 is 1.17 bits per heavy atom. The summed E-state index contributed by atoms with van der Waals surface area (Å²) in [5.74, 6) is -0.175. The molecule has 12 nitrogen and oxygen atoms in total. The monoisotopic (exact) mass is 1700 g/mol. The second-order valence-corrected chi connectivity index (χ2v) is 26.5. The van der Waals surface area contributed by atoms with Crippen LogP contribution >= 0.6 is 87.1 Å². The summed E-state index contributed by atoms with van der Waals surface area (Å²) >= 11 is 25.8. The second kappa shape index (κ2) is 32.0. The Balaban J connectivity index is 0.000000178. The van der Waals surface area contributed by atoms with E-state index in [2.05, 4.69) is 69.3 Å². The third-order valence-corrected chi connectivity index (χ3v) is 20.3. The minimum absolute atomic E-state index is 0.00426. The lowest BCUT2D eigenvalue weighted by molar-refractivity contribution is -0.290. The van der Waals surface area contributed by atoms with Gasteiger partial charge < -0.3 is 51.2 Å². The smallest absolute Gasteiger partial charge is 0.399 e. The van der Waals surface area contributed by atoms with Gasteiger partial charge in [-0.25, -0.2) is 0 Å². The zero-order valence-electron chi connectivity index (χ0n) is 52.4. The summed E-state index contributed by atoms with van der Waals surface area (Å²) in [6.45, 7) is 3.63. The number of rotatable bonds is 10. The summed E-state index contributed by atoms with van der Waals surface area (Å²) in [7, 11) is 0. The van der Waals surface area contributed by atoms with Gasteiger partial charge in [-0.15, -0.1) is 0 Å². The van der Waals surface area contributed by atoms with Crippen LogP contribution in [0.15, 0.2) is 214 Å². The van der Waals surface area contributed by atoms with Gasteiger partial charge in [-0.1, -0.05) is 102 Å². The summed E-state index contributed by atoms with van der Waals surface area (Å²) in [6, 6.07) is 47.0. The van der Waals surface area contributed by atoms with Gasteiger partial charge in [0.15, 0.2) is 11.6 Å². The number of halogens is 18. The number of para-hydroxylation sites is 1. The van der Waals surface area contributed by atoms with Crippen molar-refractivity contribution in [1.29, 1.82) is 0 Å². The molecule has 11 rings (SSSR count). The first-order valence-electron chi connectivity index (χ1n) is 29.1. The predicted octanol–water partition coefficient (Wildman–Crippen LogP) is 20.8. The molecule has 530 valence electrons. The molecule has 0 aliphatic heterocycles. The fourth-order valence-corrected chi connectivity index (χ4v) is 12.8. The average molecular weight is 1700 g/mol. The Bertz CT molecular complexity index is 4450. The lowest BCUT2D eigenvalue weighted by atomic mass is 9.72. The SMILES string of the molecule is Brc1ccc(N(Br)CNc2ccccc2)c(Br)c1Br.Cc1ccc(C(c2ccc(C)c(N)c2)(C(F)(F)F)C(F)(F)F)cc1N.Nc1cc(C(=O)c2ccc(Cl)c(N)c2)ccc1Cl.Nc1ccc2c(c1)C(=O)c1cc(N)ccc1-2.Nc1cccc(C(c2cccc(N)c2)(C(F)(F)F)C(F)(F)F)c1. The van der Waals surface area contributed by atoms with Crippen LogP contribution in [0.5, 0.6) is 0 Å². The number of carbonyl (C=O) groups excluding carboxylic acids is 2. The molecule has 101 heavy (non-hydrogen) atoms. The second-order valence-electron chi connectivity index (χ2n) is 22.4. The first kappa shape index (κ1) is 79.5. The Morgan fingerprint density at radius 2 is 0.802 bits per heavy atom. The van der Waals surface area contributed by atoms with E-state index in [1.165, 1.54) is 38.1 Å². The van der Waals surface area contributed by atoms with E-state index in [-0.39, 0.29) is 34.3 Å². The van der Waals surface area contributed by atoms with Crippen molar-refractivity contribution in [3.05, 3.63) is 279 Å². The van der Waals surface area contributed by atoms with Crippen LogP contribution in [0, 0.1) is 13.8 Å². The van der Waals surface area contributed by atoms with E-state index in [1.54, 1.807) is 48.5 Å². The molecule has 0 heterocycles. The predicted molar refractivity (Wildman–Crippen MR) is 394 cm³/mol. The van der Waals surface area contributed by atoms with Gasteiger partial charge in [0.2, 0.25) is 10.8 Å². The van der Waals surface area contributed by atoms with Crippen molar-refractivity contribution in [2.45, 2.75) is 49.4 Å². The Kier molecular flexibility index (Phi) is 25.2. The highest BCUT2D eigenvalue weighted by Gasteiger charge is 2.74. The highest BCUT2D eigenvalue weighted by molar-refractivity contribution is 9.14. The minimum Gasteiger partial charge on any atom is -0.399 e. The van der Waals surface area contributed by atoms with Crippen molar-refractivity contribution in [2.24, 2.45) is 0 Å². The number of nitrogens with one attached hydrogen (secondary N) is 1. The highest BCUT2D eigenvalue weighted by Crippen LogP contribution is 2.58. The summed E-state index contributed by atoms with van der Waals surface area (Å²) in [6.07, 6.45) is -22.6.